The third-order valence-corrected chi connectivity index (χ3v) is 13.0. The van der Waals surface area contributed by atoms with Gasteiger partial charge in [-0.25, -0.2) is 4.98 Å². The Morgan fingerprint density at radius 2 is 1.83 bits per heavy atom. The summed E-state index contributed by atoms with van der Waals surface area (Å²) in [4.78, 5) is 57.7. The predicted octanol–water partition coefficient (Wildman–Crippen LogP) is 6.76. The molecule has 3 unspecified atom stereocenters. The normalized spacial score (nSPS) is 21.1. The molecule has 3 aromatic carbocycles. The number of nitrogens with zero attached hydrogens (tertiary/aromatic N) is 3. The Bertz CT molecular complexity index is 2760. The van der Waals surface area contributed by atoms with E-state index in [1.165, 1.54) is 0 Å². The van der Waals surface area contributed by atoms with E-state index in [0.29, 0.717) is 44.8 Å². The number of nitrogens with one attached hydrogen (secondary N) is 3. The standard InChI is InChI=1S/C41H37Cl2N6O9P/c1-5-40(52,6-2)38(51)44-23-16-18-13-14-25-22(15-18)41-21-11-7-10-20(29(21)47-39(41)55-25)19-9-8-12-24-26(19)27(34(43)49(24)58-59(53)54)31-33(42)48-37(56-31)30-32(41)57-36(46-30)28(17(3)4)45-35(23)50/h7-15,17,23,28,39,47,52-54H,5-6,16H2,1-4H3,(H,44,51)(H,45,50)/t23-,28?,39?,41?/m0/s1. The van der Waals surface area contributed by atoms with Gasteiger partial charge in [-0.3, -0.25) is 9.59 Å². The van der Waals surface area contributed by atoms with Crippen molar-refractivity contribution in [2.75, 3.05) is 5.32 Å². The Hall–Kier alpha value is -5.15. The van der Waals surface area contributed by atoms with Gasteiger partial charge in [-0.2, -0.15) is 9.71 Å². The molecule has 10 rings (SSSR count). The molecule has 4 aliphatic rings. The Morgan fingerprint density at radius 3 is 2.58 bits per heavy atom. The van der Waals surface area contributed by atoms with E-state index in [1.807, 2.05) is 56.3 Å². The van der Waals surface area contributed by atoms with Crippen molar-refractivity contribution >= 4 is 60.2 Å². The number of aromatic nitrogens is 3. The summed E-state index contributed by atoms with van der Waals surface area (Å²) in [5.41, 5.74) is 2.28. The number of hydrogen-bond donors (Lipinski definition) is 6. The number of rotatable bonds is 7. The molecule has 0 radical (unpaired) electrons. The van der Waals surface area contributed by atoms with Gasteiger partial charge in [0.15, 0.2) is 33.7 Å². The fourth-order valence-corrected chi connectivity index (χ4v) is 9.91. The molecule has 59 heavy (non-hydrogen) atoms. The molecule has 10 bridgehead atoms. The zero-order valence-corrected chi connectivity index (χ0v) is 34.4. The van der Waals surface area contributed by atoms with Crippen molar-refractivity contribution in [3.63, 3.8) is 0 Å². The first-order chi connectivity index (χ1) is 28.3. The van der Waals surface area contributed by atoms with E-state index in [4.69, 9.17) is 51.4 Å². The summed E-state index contributed by atoms with van der Waals surface area (Å²) in [5.74, 6) is -0.375. The van der Waals surface area contributed by atoms with E-state index in [0.717, 1.165) is 15.9 Å². The number of hydrogen-bond acceptors (Lipinski definition) is 12. The van der Waals surface area contributed by atoms with Gasteiger partial charge < -0.3 is 49.0 Å². The number of carbonyl (C=O) groups is 2. The number of aliphatic hydroxyl groups is 1. The Morgan fingerprint density at radius 1 is 1.07 bits per heavy atom. The van der Waals surface area contributed by atoms with Gasteiger partial charge in [-0.15, -0.1) is 0 Å². The third-order valence-electron chi connectivity index (χ3n) is 12.1. The van der Waals surface area contributed by atoms with Crippen LogP contribution in [0.1, 0.15) is 74.9 Å². The summed E-state index contributed by atoms with van der Waals surface area (Å²) >= 11 is 14.0. The maximum absolute atomic E-state index is 14.4. The highest BCUT2D eigenvalue weighted by Crippen LogP contribution is 2.62. The Balaban J connectivity index is 1.29. The van der Waals surface area contributed by atoms with Crippen LogP contribution in [0.2, 0.25) is 10.3 Å². The Labute approximate surface area is 347 Å². The molecule has 4 aliphatic heterocycles. The number of ether oxygens (including phenoxy) is 1. The third kappa shape index (κ3) is 5.35. The van der Waals surface area contributed by atoms with Crippen molar-refractivity contribution in [3.8, 4) is 39.8 Å². The second-order valence-electron chi connectivity index (χ2n) is 15.6. The van der Waals surface area contributed by atoms with Crippen molar-refractivity contribution in [1.29, 1.82) is 0 Å². The maximum atomic E-state index is 14.4. The first-order valence-corrected chi connectivity index (χ1v) is 21.1. The molecule has 7 heterocycles. The summed E-state index contributed by atoms with van der Waals surface area (Å²) in [6, 6.07) is 15.0. The van der Waals surface area contributed by atoms with Crippen molar-refractivity contribution in [3.05, 3.63) is 93.2 Å². The number of halogens is 2. The van der Waals surface area contributed by atoms with E-state index >= 15 is 0 Å². The lowest BCUT2D eigenvalue weighted by atomic mass is 9.72. The molecular formula is C41H37Cl2N6O9P. The van der Waals surface area contributed by atoms with Gasteiger partial charge in [0.1, 0.15) is 28.8 Å². The fourth-order valence-electron chi connectivity index (χ4n) is 9.03. The first kappa shape index (κ1) is 38.1. The topological polar surface area (TPSA) is 206 Å². The second-order valence-corrected chi connectivity index (χ2v) is 17.0. The van der Waals surface area contributed by atoms with Crippen LogP contribution >= 0.6 is 31.8 Å². The highest BCUT2D eigenvalue weighted by atomic mass is 35.5. The lowest BCUT2D eigenvalue weighted by molar-refractivity contribution is -0.143. The molecule has 0 fully saturated rings. The number of anilines is 1. The van der Waals surface area contributed by atoms with E-state index in [-0.39, 0.29) is 64.3 Å². The number of para-hydroxylation sites is 1. The first-order valence-electron chi connectivity index (χ1n) is 19.2. The van der Waals surface area contributed by atoms with Gasteiger partial charge in [0.25, 0.3) is 11.8 Å². The molecule has 0 saturated carbocycles. The Kier molecular flexibility index (Phi) is 8.67. The number of fused-ring (bicyclic) bond motifs is 7. The summed E-state index contributed by atoms with van der Waals surface area (Å²) < 4.78 is 27.0. The summed E-state index contributed by atoms with van der Waals surface area (Å²) in [7, 11) is -2.90. The van der Waals surface area contributed by atoms with Gasteiger partial charge in [0, 0.05) is 34.2 Å². The summed E-state index contributed by atoms with van der Waals surface area (Å²) in [5, 5.41) is 21.2. The van der Waals surface area contributed by atoms with E-state index in [1.54, 1.807) is 26.0 Å². The van der Waals surface area contributed by atoms with Crippen LogP contribution in [0.25, 0.3) is 44.9 Å². The maximum Gasteiger partial charge on any atom is 0.412 e. The SMILES string of the molecule is CCC(O)(CC)C(=O)N[C@H]1Cc2ccc3c(c2)C24c5cccc(c5NC2O3)-c2cccc3c2c(c(Cl)n3OP(O)O)-c2oc(nc2Cl)-c2nc(oc24)C(C(C)C)NC1=O. The molecule has 6 aromatic rings. The van der Waals surface area contributed by atoms with Gasteiger partial charge in [0.2, 0.25) is 11.8 Å². The molecule has 1 spiro atoms. The van der Waals surface area contributed by atoms with Crippen LogP contribution in [0.5, 0.6) is 5.75 Å². The number of oxazole rings is 2. The molecule has 2 amide bonds. The molecule has 0 aliphatic carbocycles. The van der Waals surface area contributed by atoms with Gasteiger partial charge in [-0.05, 0) is 42.0 Å². The highest BCUT2D eigenvalue weighted by Gasteiger charge is 2.62. The molecule has 6 N–H and O–H groups in total. The van der Waals surface area contributed by atoms with Crippen molar-refractivity contribution in [2.45, 2.75) is 76.3 Å². The second kappa shape index (κ2) is 13.4. The average Bonchev–Trinajstić information content (AvgIpc) is 4.01. The smallest absolute Gasteiger partial charge is 0.412 e. The number of amides is 2. The van der Waals surface area contributed by atoms with Crippen LogP contribution in [0.4, 0.5) is 5.69 Å². The molecule has 18 heteroatoms. The van der Waals surface area contributed by atoms with Crippen LogP contribution in [-0.4, -0.2) is 59.3 Å². The number of benzene rings is 3. The minimum atomic E-state index is -2.90. The quantitative estimate of drug-likeness (QED) is 0.0922. The lowest BCUT2D eigenvalue weighted by Gasteiger charge is -2.30. The minimum Gasteiger partial charge on any atom is -0.469 e. The van der Waals surface area contributed by atoms with Crippen LogP contribution in [0.15, 0.2) is 63.4 Å². The molecule has 304 valence electrons. The average molecular weight is 860 g/mol. The zero-order valence-electron chi connectivity index (χ0n) is 32.0. The zero-order chi connectivity index (χ0) is 41.3. The largest absolute Gasteiger partial charge is 0.469 e. The van der Waals surface area contributed by atoms with E-state index in [2.05, 4.69) is 16.0 Å². The lowest BCUT2D eigenvalue weighted by Crippen LogP contribution is -2.55. The summed E-state index contributed by atoms with van der Waals surface area (Å²) in [6.45, 7) is 7.26. The van der Waals surface area contributed by atoms with Crippen LogP contribution in [0.3, 0.4) is 0 Å². The molecule has 0 saturated heterocycles. The molecule has 3 aromatic heterocycles. The van der Waals surface area contributed by atoms with E-state index < -0.39 is 49.7 Å². The van der Waals surface area contributed by atoms with Crippen molar-refractivity contribution in [1.82, 2.24) is 25.3 Å². The van der Waals surface area contributed by atoms with Gasteiger partial charge in [0.05, 0.1) is 11.1 Å². The van der Waals surface area contributed by atoms with Crippen molar-refractivity contribution in [2.24, 2.45) is 5.92 Å². The monoisotopic (exact) mass is 858 g/mol. The highest BCUT2D eigenvalue weighted by molar-refractivity contribution is 7.39. The summed E-state index contributed by atoms with van der Waals surface area (Å²) in [6.07, 6.45) is -0.386. The molecule has 15 nitrogen and oxygen atoms in total. The van der Waals surface area contributed by atoms with Gasteiger partial charge >= 0.3 is 8.60 Å². The number of carbonyl (C=O) groups excluding carboxylic acids is 2. The van der Waals surface area contributed by atoms with Crippen LogP contribution < -0.4 is 25.3 Å². The predicted molar refractivity (Wildman–Crippen MR) is 218 cm³/mol. The minimum absolute atomic E-state index is 0.0212. The molecule has 4 atom stereocenters. The van der Waals surface area contributed by atoms with Crippen LogP contribution in [-0.2, 0) is 21.4 Å². The van der Waals surface area contributed by atoms with Gasteiger partial charge in [-0.1, -0.05) is 93.4 Å². The molecular weight excluding hydrogens is 822 g/mol. The fraction of sp³-hybridized carbons (Fsp3) is 0.317. The van der Waals surface area contributed by atoms with Crippen molar-refractivity contribution < 1.29 is 42.7 Å². The van der Waals surface area contributed by atoms with E-state index in [9.17, 15) is 24.5 Å². The van der Waals surface area contributed by atoms with Crippen LogP contribution in [0, 0.1) is 5.92 Å².